The highest BCUT2D eigenvalue weighted by Crippen LogP contribution is 2.34. The Balaban J connectivity index is 2.01. The maximum atomic E-state index is 12.5. The van der Waals surface area contributed by atoms with E-state index in [2.05, 4.69) is 10.1 Å². The molecule has 2 N–H and O–H groups in total. The summed E-state index contributed by atoms with van der Waals surface area (Å²) in [6.07, 6.45) is -3.94. The number of furan rings is 1. The van der Waals surface area contributed by atoms with E-state index in [0.717, 1.165) is 6.07 Å². The minimum atomic E-state index is -4.85. The summed E-state index contributed by atoms with van der Waals surface area (Å²) < 4.78 is 46.7. The molecule has 0 aliphatic rings. The van der Waals surface area contributed by atoms with Gasteiger partial charge in [-0.2, -0.15) is 0 Å². The Bertz CT molecular complexity index is 770. The number of ether oxygens (including phenoxy) is 1. The Morgan fingerprint density at radius 2 is 1.85 bits per heavy atom. The van der Waals surface area contributed by atoms with E-state index in [0.29, 0.717) is 12.8 Å². The Hall–Kier alpha value is -2.97. The molecule has 9 heteroatoms. The zero-order valence-corrected chi connectivity index (χ0v) is 13.5. The van der Waals surface area contributed by atoms with Crippen molar-refractivity contribution in [3.05, 3.63) is 42.2 Å². The van der Waals surface area contributed by atoms with Crippen LogP contribution in [-0.2, 0) is 4.79 Å². The number of carbonyl (C=O) groups excluding carboxylic acids is 1. The van der Waals surface area contributed by atoms with E-state index in [-0.39, 0.29) is 30.0 Å². The van der Waals surface area contributed by atoms with Crippen LogP contribution in [0.2, 0.25) is 0 Å². The van der Waals surface area contributed by atoms with Crippen molar-refractivity contribution in [1.82, 2.24) is 5.32 Å². The van der Waals surface area contributed by atoms with Gasteiger partial charge in [-0.15, -0.1) is 13.2 Å². The molecule has 1 heterocycles. The number of halogens is 3. The van der Waals surface area contributed by atoms with Crippen LogP contribution in [0.15, 0.2) is 40.8 Å². The number of carboxylic acid groups (broad SMARTS) is 1. The number of para-hydroxylation sites is 1. The maximum Gasteiger partial charge on any atom is 0.573 e. The third-order valence-electron chi connectivity index (χ3n) is 3.31. The predicted octanol–water partition coefficient (Wildman–Crippen LogP) is 3.83. The lowest BCUT2D eigenvalue weighted by Crippen LogP contribution is -2.24. The van der Waals surface area contributed by atoms with E-state index in [1.54, 1.807) is 0 Å². The van der Waals surface area contributed by atoms with E-state index >= 15 is 0 Å². The molecule has 0 fully saturated rings. The summed E-state index contributed by atoms with van der Waals surface area (Å²) in [7, 11) is 0. The number of alkyl halides is 3. The molecular formula is C17H16F3NO5. The third-order valence-corrected chi connectivity index (χ3v) is 3.31. The summed E-state index contributed by atoms with van der Waals surface area (Å²) in [5.74, 6) is -1.90. The van der Waals surface area contributed by atoms with Gasteiger partial charge in [0, 0.05) is 13.0 Å². The number of nitrogens with one attached hydrogen (secondary N) is 1. The molecule has 0 atom stereocenters. The molecule has 140 valence electrons. The first-order valence-electron chi connectivity index (χ1n) is 7.71. The zero-order valence-electron chi connectivity index (χ0n) is 13.5. The first-order chi connectivity index (χ1) is 12.3. The van der Waals surface area contributed by atoms with Crippen LogP contribution in [0.1, 0.15) is 29.8 Å². The van der Waals surface area contributed by atoms with Gasteiger partial charge in [0.15, 0.2) is 5.76 Å². The highest BCUT2D eigenvalue weighted by Gasteiger charge is 2.32. The molecule has 0 saturated carbocycles. The maximum absolute atomic E-state index is 12.5. The highest BCUT2D eigenvalue weighted by molar-refractivity contribution is 5.92. The molecule has 0 aliphatic carbocycles. The molecule has 0 radical (unpaired) electrons. The lowest BCUT2D eigenvalue weighted by atomic mass is 10.1. The second-order valence-electron chi connectivity index (χ2n) is 5.31. The summed E-state index contributed by atoms with van der Waals surface area (Å²) in [4.78, 5) is 22.4. The number of benzene rings is 1. The predicted molar refractivity (Wildman–Crippen MR) is 84.6 cm³/mol. The lowest BCUT2D eigenvalue weighted by Gasteiger charge is -2.11. The fourth-order valence-corrected chi connectivity index (χ4v) is 2.18. The van der Waals surface area contributed by atoms with Crippen molar-refractivity contribution in [2.45, 2.75) is 25.6 Å². The standard InChI is InChI=1S/C17H16F3NO5/c18-17(19,20)26-13-6-2-1-5-11(13)12-8-9-14(25-12)16(24)21-10-4-3-7-15(22)23/h1-2,5-6,8-9H,3-4,7,10H2,(H,21,24)(H,22,23). The van der Waals surface area contributed by atoms with Crippen molar-refractivity contribution < 1.29 is 37.0 Å². The van der Waals surface area contributed by atoms with Gasteiger partial charge >= 0.3 is 12.3 Å². The minimum Gasteiger partial charge on any atom is -0.481 e. The van der Waals surface area contributed by atoms with E-state index in [9.17, 15) is 22.8 Å². The molecule has 0 unspecified atom stereocenters. The molecule has 26 heavy (non-hydrogen) atoms. The average Bonchev–Trinajstić information content (AvgIpc) is 3.03. The molecule has 0 bridgehead atoms. The Labute approximate surface area is 146 Å². The van der Waals surface area contributed by atoms with E-state index < -0.39 is 24.0 Å². The first-order valence-corrected chi connectivity index (χ1v) is 7.71. The number of hydrogen-bond donors (Lipinski definition) is 2. The van der Waals surface area contributed by atoms with Crippen LogP contribution in [-0.4, -0.2) is 29.9 Å². The highest BCUT2D eigenvalue weighted by atomic mass is 19.4. The molecule has 1 amide bonds. The molecule has 2 rings (SSSR count). The van der Waals surface area contributed by atoms with Gasteiger partial charge in [-0.25, -0.2) is 0 Å². The Kier molecular flexibility index (Phi) is 6.26. The normalized spacial score (nSPS) is 11.2. The summed E-state index contributed by atoms with van der Waals surface area (Å²) in [6, 6.07) is 8.15. The van der Waals surface area contributed by atoms with Crippen LogP contribution in [0.3, 0.4) is 0 Å². The van der Waals surface area contributed by atoms with E-state index in [1.165, 1.54) is 30.3 Å². The van der Waals surface area contributed by atoms with Crippen LogP contribution in [0.5, 0.6) is 5.75 Å². The topological polar surface area (TPSA) is 88.8 Å². The van der Waals surface area contributed by atoms with Crippen LogP contribution in [0.25, 0.3) is 11.3 Å². The van der Waals surface area contributed by atoms with Crippen molar-refractivity contribution in [2.24, 2.45) is 0 Å². The van der Waals surface area contributed by atoms with Crippen molar-refractivity contribution in [2.75, 3.05) is 6.54 Å². The van der Waals surface area contributed by atoms with E-state index in [1.807, 2.05) is 0 Å². The molecule has 1 aromatic carbocycles. The molecule has 1 aromatic heterocycles. The van der Waals surface area contributed by atoms with Gasteiger partial charge in [-0.3, -0.25) is 9.59 Å². The van der Waals surface area contributed by atoms with Crippen molar-refractivity contribution >= 4 is 11.9 Å². The van der Waals surface area contributed by atoms with Crippen LogP contribution in [0, 0.1) is 0 Å². The monoisotopic (exact) mass is 371 g/mol. The van der Waals surface area contributed by atoms with Crippen LogP contribution < -0.4 is 10.1 Å². The largest absolute Gasteiger partial charge is 0.573 e. The van der Waals surface area contributed by atoms with Gasteiger partial charge in [-0.1, -0.05) is 12.1 Å². The number of rotatable bonds is 8. The second kappa shape index (κ2) is 8.41. The van der Waals surface area contributed by atoms with Crippen LogP contribution >= 0.6 is 0 Å². The summed E-state index contributed by atoms with van der Waals surface area (Å²) >= 11 is 0. The molecule has 0 aliphatic heterocycles. The molecule has 0 spiro atoms. The molecular weight excluding hydrogens is 355 g/mol. The van der Waals surface area contributed by atoms with Gasteiger partial charge in [-0.05, 0) is 37.1 Å². The number of aliphatic carboxylic acids is 1. The molecule has 6 nitrogen and oxygen atoms in total. The average molecular weight is 371 g/mol. The van der Waals surface area contributed by atoms with Gasteiger partial charge in [0.05, 0.1) is 5.56 Å². The van der Waals surface area contributed by atoms with E-state index in [4.69, 9.17) is 9.52 Å². The molecule has 0 saturated heterocycles. The van der Waals surface area contributed by atoms with Crippen molar-refractivity contribution in [1.29, 1.82) is 0 Å². The summed E-state index contributed by atoms with van der Waals surface area (Å²) in [5.41, 5.74) is 0.0605. The van der Waals surface area contributed by atoms with Gasteiger partial charge in [0.25, 0.3) is 5.91 Å². The first kappa shape index (κ1) is 19.4. The smallest absolute Gasteiger partial charge is 0.481 e. The third kappa shape index (κ3) is 5.83. The fraction of sp³-hybridized carbons (Fsp3) is 0.294. The van der Waals surface area contributed by atoms with Crippen molar-refractivity contribution in [3.63, 3.8) is 0 Å². The summed E-state index contributed by atoms with van der Waals surface area (Å²) in [5, 5.41) is 11.1. The van der Waals surface area contributed by atoms with Gasteiger partial charge in [0.1, 0.15) is 11.5 Å². The second-order valence-corrected chi connectivity index (χ2v) is 5.31. The number of carboxylic acids is 1. The van der Waals surface area contributed by atoms with Crippen molar-refractivity contribution in [3.8, 4) is 17.1 Å². The zero-order chi connectivity index (χ0) is 19.2. The van der Waals surface area contributed by atoms with Gasteiger partial charge < -0.3 is 19.6 Å². The van der Waals surface area contributed by atoms with Gasteiger partial charge in [0.2, 0.25) is 0 Å². The lowest BCUT2D eigenvalue weighted by molar-refractivity contribution is -0.274. The minimum absolute atomic E-state index is 0.0107. The SMILES string of the molecule is O=C(O)CCCCNC(=O)c1ccc(-c2ccccc2OC(F)(F)F)o1. The Morgan fingerprint density at radius 3 is 2.54 bits per heavy atom. The summed E-state index contributed by atoms with van der Waals surface area (Å²) in [6.45, 7) is 0.260. The van der Waals surface area contributed by atoms with Crippen LogP contribution in [0.4, 0.5) is 13.2 Å². The number of unbranched alkanes of at least 4 members (excludes halogenated alkanes) is 1. The number of carbonyl (C=O) groups is 2. The molecule has 2 aromatic rings. The number of hydrogen-bond acceptors (Lipinski definition) is 4. The quantitative estimate of drug-likeness (QED) is 0.689. The number of amides is 1. The Morgan fingerprint density at radius 1 is 1.12 bits per heavy atom. The fourth-order valence-electron chi connectivity index (χ4n) is 2.18.